The summed E-state index contributed by atoms with van der Waals surface area (Å²) < 4.78 is 5.02. The molecule has 0 spiro atoms. The van der Waals surface area contributed by atoms with Crippen molar-refractivity contribution in [3.8, 4) is 0 Å². The highest BCUT2D eigenvalue weighted by atomic mass is 16.5. The molecular weight excluding hydrogens is 178 g/mol. The van der Waals surface area contributed by atoms with E-state index in [9.17, 15) is 4.79 Å². The van der Waals surface area contributed by atoms with Gasteiger partial charge in [-0.1, -0.05) is 27.2 Å². The molecule has 84 valence electrons. The number of hydrogen-bond donors (Lipinski definition) is 1. The van der Waals surface area contributed by atoms with Gasteiger partial charge in [0.2, 0.25) is 0 Å². The second-order valence-corrected chi connectivity index (χ2v) is 3.57. The summed E-state index contributed by atoms with van der Waals surface area (Å²) in [6.07, 6.45) is 2.02. The highest BCUT2D eigenvalue weighted by Crippen LogP contribution is 2.09. The zero-order valence-electron chi connectivity index (χ0n) is 9.80. The van der Waals surface area contributed by atoms with Crippen LogP contribution in [-0.2, 0) is 9.53 Å². The van der Waals surface area contributed by atoms with E-state index in [0.29, 0.717) is 12.5 Å². The molecule has 0 aliphatic rings. The van der Waals surface area contributed by atoms with Crippen LogP contribution in [0.3, 0.4) is 0 Å². The fourth-order valence-corrected chi connectivity index (χ4v) is 1.28. The molecule has 0 aromatic rings. The SMILES string of the molecule is CCCNC(C(=O)OCC)C(C)CC. The van der Waals surface area contributed by atoms with E-state index in [-0.39, 0.29) is 12.0 Å². The van der Waals surface area contributed by atoms with Crippen LogP contribution < -0.4 is 5.32 Å². The molecule has 3 heteroatoms. The lowest BCUT2D eigenvalue weighted by atomic mass is 9.99. The Bertz CT molecular complexity index is 159. The lowest BCUT2D eigenvalue weighted by Crippen LogP contribution is -2.43. The quantitative estimate of drug-likeness (QED) is 0.640. The number of rotatable bonds is 7. The molecule has 0 aromatic heterocycles. The highest BCUT2D eigenvalue weighted by Gasteiger charge is 2.23. The summed E-state index contributed by atoms with van der Waals surface area (Å²) in [5.41, 5.74) is 0. The summed E-state index contributed by atoms with van der Waals surface area (Å²) in [6, 6.07) is -0.139. The van der Waals surface area contributed by atoms with Crippen LogP contribution in [0.5, 0.6) is 0 Å². The summed E-state index contributed by atoms with van der Waals surface area (Å²) in [5.74, 6) is 0.218. The van der Waals surface area contributed by atoms with Crippen molar-refractivity contribution >= 4 is 5.97 Å². The first-order valence-electron chi connectivity index (χ1n) is 5.57. The van der Waals surface area contributed by atoms with Crippen molar-refractivity contribution in [2.24, 2.45) is 5.92 Å². The van der Waals surface area contributed by atoms with Gasteiger partial charge in [-0.2, -0.15) is 0 Å². The second kappa shape index (κ2) is 7.80. The number of nitrogens with one attached hydrogen (secondary N) is 1. The maximum Gasteiger partial charge on any atom is 0.323 e. The summed E-state index contributed by atoms with van der Waals surface area (Å²) in [7, 11) is 0. The molecule has 0 saturated heterocycles. The minimum absolute atomic E-state index is 0.115. The van der Waals surface area contributed by atoms with Crippen LogP contribution in [0.1, 0.15) is 40.5 Å². The third kappa shape index (κ3) is 4.61. The fraction of sp³-hybridized carbons (Fsp3) is 0.909. The molecule has 2 atom stereocenters. The fourth-order valence-electron chi connectivity index (χ4n) is 1.28. The first kappa shape index (κ1) is 13.4. The largest absolute Gasteiger partial charge is 0.465 e. The number of carbonyl (C=O) groups is 1. The van der Waals surface area contributed by atoms with Gasteiger partial charge >= 0.3 is 5.97 Å². The highest BCUT2D eigenvalue weighted by molar-refractivity contribution is 5.76. The Balaban J connectivity index is 4.15. The number of hydrogen-bond acceptors (Lipinski definition) is 3. The van der Waals surface area contributed by atoms with Gasteiger partial charge in [-0.25, -0.2) is 0 Å². The molecule has 1 N–H and O–H groups in total. The van der Waals surface area contributed by atoms with Crippen molar-refractivity contribution in [1.29, 1.82) is 0 Å². The monoisotopic (exact) mass is 201 g/mol. The van der Waals surface area contributed by atoms with Crippen LogP contribution in [-0.4, -0.2) is 25.2 Å². The first-order chi connectivity index (χ1) is 6.67. The van der Waals surface area contributed by atoms with E-state index in [1.165, 1.54) is 0 Å². The molecule has 0 radical (unpaired) electrons. The van der Waals surface area contributed by atoms with E-state index in [4.69, 9.17) is 4.74 Å². The van der Waals surface area contributed by atoms with Crippen molar-refractivity contribution in [3.05, 3.63) is 0 Å². The predicted octanol–water partition coefficient (Wildman–Crippen LogP) is 1.96. The van der Waals surface area contributed by atoms with Gasteiger partial charge in [-0.3, -0.25) is 4.79 Å². The molecule has 0 aliphatic heterocycles. The van der Waals surface area contributed by atoms with Gasteiger partial charge in [0.1, 0.15) is 6.04 Å². The molecule has 2 unspecified atom stereocenters. The zero-order valence-corrected chi connectivity index (χ0v) is 9.80. The Hall–Kier alpha value is -0.570. The lowest BCUT2D eigenvalue weighted by Gasteiger charge is -2.22. The topological polar surface area (TPSA) is 38.3 Å². The van der Waals surface area contributed by atoms with Crippen LogP contribution in [0.15, 0.2) is 0 Å². The van der Waals surface area contributed by atoms with E-state index in [2.05, 4.69) is 26.1 Å². The van der Waals surface area contributed by atoms with Crippen LogP contribution in [0.25, 0.3) is 0 Å². The lowest BCUT2D eigenvalue weighted by molar-refractivity contribution is -0.147. The molecule has 0 rings (SSSR count). The van der Waals surface area contributed by atoms with Crippen molar-refractivity contribution in [2.75, 3.05) is 13.2 Å². The van der Waals surface area contributed by atoms with Crippen LogP contribution in [0.2, 0.25) is 0 Å². The third-order valence-corrected chi connectivity index (χ3v) is 2.37. The Morgan fingerprint density at radius 1 is 1.36 bits per heavy atom. The standard InChI is InChI=1S/C11H23NO2/c1-5-8-12-10(9(4)6-2)11(13)14-7-3/h9-10,12H,5-8H2,1-4H3. The van der Waals surface area contributed by atoms with Gasteiger partial charge in [-0.15, -0.1) is 0 Å². The summed E-state index contributed by atoms with van der Waals surface area (Å²) in [5, 5.41) is 3.23. The third-order valence-electron chi connectivity index (χ3n) is 2.37. The molecular formula is C11H23NO2. The molecule has 0 aromatic carbocycles. The molecule has 0 saturated carbocycles. The molecule has 0 fully saturated rings. The maximum absolute atomic E-state index is 11.6. The van der Waals surface area contributed by atoms with Gasteiger partial charge in [0, 0.05) is 0 Å². The Morgan fingerprint density at radius 2 is 2.00 bits per heavy atom. The number of carbonyl (C=O) groups excluding carboxylic acids is 1. The zero-order chi connectivity index (χ0) is 11.0. The van der Waals surface area contributed by atoms with Gasteiger partial charge in [0.15, 0.2) is 0 Å². The molecule has 0 amide bonds. The van der Waals surface area contributed by atoms with Crippen molar-refractivity contribution in [2.45, 2.75) is 46.6 Å². The van der Waals surface area contributed by atoms with E-state index < -0.39 is 0 Å². The first-order valence-corrected chi connectivity index (χ1v) is 5.57. The predicted molar refractivity (Wildman–Crippen MR) is 58.2 cm³/mol. The van der Waals surface area contributed by atoms with Gasteiger partial charge in [0.05, 0.1) is 6.61 Å². The molecule has 0 heterocycles. The Labute approximate surface area is 87.2 Å². The average Bonchev–Trinajstić information content (AvgIpc) is 2.18. The van der Waals surface area contributed by atoms with Crippen molar-refractivity contribution in [1.82, 2.24) is 5.32 Å². The summed E-state index contributed by atoms with van der Waals surface area (Å²) in [4.78, 5) is 11.6. The molecule has 0 aliphatic carbocycles. The normalized spacial score (nSPS) is 14.9. The summed E-state index contributed by atoms with van der Waals surface area (Å²) >= 11 is 0. The second-order valence-electron chi connectivity index (χ2n) is 3.57. The Morgan fingerprint density at radius 3 is 2.43 bits per heavy atom. The van der Waals surface area contributed by atoms with Crippen molar-refractivity contribution < 1.29 is 9.53 Å². The average molecular weight is 201 g/mol. The number of ether oxygens (including phenoxy) is 1. The minimum atomic E-state index is -0.139. The molecule has 3 nitrogen and oxygen atoms in total. The molecule has 0 bridgehead atoms. The smallest absolute Gasteiger partial charge is 0.323 e. The van der Waals surface area contributed by atoms with Crippen LogP contribution in [0, 0.1) is 5.92 Å². The van der Waals surface area contributed by atoms with Gasteiger partial charge in [0.25, 0.3) is 0 Å². The summed E-state index contributed by atoms with van der Waals surface area (Å²) in [6.45, 7) is 9.42. The Kier molecular flexibility index (Phi) is 7.48. The van der Waals surface area contributed by atoms with E-state index in [1.54, 1.807) is 0 Å². The van der Waals surface area contributed by atoms with Crippen LogP contribution >= 0.6 is 0 Å². The number of esters is 1. The maximum atomic E-state index is 11.6. The van der Waals surface area contributed by atoms with Crippen LogP contribution in [0.4, 0.5) is 0 Å². The van der Waals surface area contributed by atoms with Gasteiger partial charge < -0.3 is 10.1 Å². The molecule has 14 heavy (non-hydrogen) atoms. The van der Waals surface area contributed by atoms with Gasteiger partial charge in [-0.05, 0) is 25.8 Å². The van der Waals surface area contributed by atoms with E-state index in [1.807, 2.05) is 6.92 Å². The van der Waals surface area contributed by atoms with Crippen molar-refractivity contribution in [3.63, 3.8) is 0 Å². The van der Waals surface area contributed by atoms with E-state index in [0.717, 1.165) is 19.4 Å². The minimum Gasteiger partial charge on any atom is -0.465 e. The van der Waals surface area contributed by atoms with E-state index >= 15 is 0 Å².